The maximum atomic E-state index is 12.7. The first-order chi connectivity index (χ1) is 12.9. The number of hydrazine groups is 3. The molecular weight excluding hydrogens is 376 g/mol. The topological polar surface area (TPSA) is 82.6 Å². The second-order valence-corrected chi connectivity index (χ2v) is 6.12. The zero-order valence-corrected chi connectivity index (χ0v) is 15.8. The third-order valence-corrected chi connectivity index (χ3v) is 4.31. The van der Waals surface area contributed by atoms with Gasteiger partial charge in [-0.2, -0.15) is 10.1 Å². The highest BCUT2D eigenvalue weighted by molar-refractivity contribution is 6.30. The van der Waals surface area contributed by atoms with E-state index in [4.69, 9.17) is 21.1 Å². The maximum absolute atomic E-state index is 12.7. The monoisotopic (exact) mass is 394 g/mol. The molecule has 0 unspecified atom stereocenters. The number of ether oxygens (including phenoxy) is 2. The lowest BCUT2D eigenvalue weighted by Gasteiger charge is -2.54. The third-order valence-electron chi connectivity index (χ3n) is 4.06. The maximum Gasteiger partial charge on any atom is 0.450 e. The van der Waals surface area contributed by atoms with E-state index in [9.17, 15) is 14.4 Å². The second-order valence-electron chi connectivity index (χ2n) is 5.69. The molecule has 27 heavy (non-hydrogen) atoms. The van der Waals surface area contributed by atoms with Crippen LogP contribution in [0.2, 0.25) is 5.02 Å². The Morgan fingerprint density at radius 2 is 1.67 bits per heavy atom. The van der Waals surface area contributed by atoms with E-state index >= 15 is 0 Å². The van der Waals surface area contributed by atoms with Crippen LogP contribution in [0.4, 0.5) is 9.59 Å². The first-order valence-electron chi connectivity index (χ1n) is 8.38. The number of halogens is 1. The highest BCUT2D eigenvalue weighted by Gasteiger charge is 2.53. The molecule has 9 nitrogen and oxygen atoms in total. The largest absolute Gasteiger partial charge is 0.450 e. The van der Waals surface area contributed by atoms with E-state index in [1.165, 1.54) is 17.2 Å². The van der Waals surface area contributed by atoms with Crippen LogP contribution >= 0.6 is 11.6 Å². The minimum absolute atomic E-state index is 0.0938. The molecule has 0 spiro atoms. The third kappa shape index (κ3) is 3.14. The van der Waals surface area contributed by atoms with Gasteiger partial charge in [0.1, 0.15) is 0 Å². The predicted molar refractivity (Wildman–Crippen MR) is 95.5 cm³/mol. The molecular formula is C17H19ClN4O5. The van der Waals surface area contributed by atoms with Crippen LogP contribution in [0, 0.1) is 0 Å². The van der Waals surface area contributed by atoms with E-state index in [1.807, 2.05) is 0 Å². The van der Waals surface area contributed by atoms with Gasteiger partial charge in [-0.3, -0.25) is 4.79 Å². The number of carbonyl (C=O) groups is 3. The number of nitrogens with zero attached hydrogens (tertiary/aromatic N) is 4. The minimum Gasteiger partial charge on any atom is -0.448 e. The number of rotatable bonds is 3. The van der Waals surface area contributed by atoms with Crippen molar-refractivity contribution in [2.75, 3.05) is 20.3 Å². The smallest absolute Gasteiger partial charge is 0.448 e. The van der Waals surface area contributed by atoms with Crippen molar-refractivity contribution in [3.8, 4) is 0 Å². The molecule has 3 aliphatic heterocycles. The Morgan fingerprint density at radius 1 is 1.07 bits per heavy atom. The summed E-state index contributed by atoms with van der Waals surface area (Å²) in [5.74, 6) is -0.388. The Morgan fingerprint density at radius 3 is 2.26 bits per heavy atom. The van der Waals surface area contributed by atoms with Gasteiger partial charge in [-0.25, -0.2) is 14.6 Å². The fourth-order valence-electron chi connectivity index (χ4n) is 2.91. The zero-order chi connectivity index (χ0) is 19.7. The number of likely N-dealkylation sites (N-methyl/N-ethyl adjacent to an activating group) is 1. The van der Waals surface area contributed by atoms with E-state index in [-0.39, 0.29) is 19.1 Å². The molecule has 3 heterocycles. The number of amides is 3. The van der Waals surface area contributed by atoms with Gasteiger partial charge < -0.3 is 9.47 Å². The Kier molecular flexibility index (Phi) is 5.13. The van der Waals surface area contributed by atoms with E-state index in [1.54, 1.807) is 44.2 Å². The summed E-state index contributed by atoms with van der Waals surface area (Å²) in [5.41, 5.74) is 1.24. The van der Waals surface area contributed by atoms with Gasteiger partial charge >= 0.3 is 12.2 Å². The van der Waals surface area contributed by atoms with Crippen LogP contribution in [0.5, 0.6) is 0 Å². The quantitative estimate of drug-likeness (QED) is 0.783. The molecule has 3 aliphatic rings. The van der Waals surface area contributed by atoms with Gasteiger partial charge in [-0.1, -0.05) is 28.9 Å². The van der Waals surface area contributed by atoms with Crippen molar-refractivity contribution in [3.63, 3.8) is 0 Å². The van der Waals surface area contributed by atoms with E-state index in [0.29, 0.717) is 16.3 Å². The average molecular weight is 395 g/mol. The number of benzene rings is 1. The number of fused-ring (bicyclic) bond motifs is 2. The summed E-state index contributed by atoms with van der Waals surface area (Å²) in [6, 6.07) is 5.85. The molecule has 1 saturated heterocycles. The van der Waals surface area contributed by atoms with Gasteiger partial charge in [0, 0.05) is 17.6 Å². The van der Waals surface area contributed by atoms with Gasteiger partial charge in [0.25, 0.3) is 5.91 Å². The average Bonchev–Trinajstić information content (AvgIpc) is 2.65. The van der Waals surface area contributed by atoms with Gasteiger partial charge in [0.15, 0.2) is 6.04 Å². The molecule has 1 fully saturated rings. The molecule has 0 saturated carbocycles. The molecule has 4 rings (SSSR count). The second kappa shape index (κ2) is 7.36. The van der Waals surface area contributed by atoms with Crippen LogP contribution in [0.15, 0.2) is 30.3 Å². The van der Waals surface area contributed by atoms with Crippen molar-refractivity contribution in [3.05, 3.63) is 40.9 Å². The van der Waals surface area contributed by atoms with Gasteiger partial charge in [-0.05, 0) is 32.1 Å². The lowest BCUT2D eigenvalue weighted by molar-refractivity contribution is -0.245. The highest BCUT2D eigenvalue weighted by Crippen LogP contribution is 2.37. The summed E-state index contributed by atoms with van der Waals surface area (Å²) >= 11 is 5.95. The molecule has 0 N–H and O–H groups in total. The van der Waals surface area contributed by atoms with Gasteiger partial charge in [0.05, 0.1) is 18.9 Å². The van der Waals surface area contributed by atoms with Crippen LogP contribution in [-0.2, 0) is 14.3 Å². The zero-order valence-electron chi connectivity index (χ0n) is 15.1. The molecule has 3 amide bonds. The van der Waals surface area contributed by atoms with Gasteiger partial charge in [0.2, 0.25) is 0 Å². The number of carbonyl (C=O) groups excluding carboxylic acids is 3. The first kappa shape index (κ1) is 18.8. The molecule has 144 valence electrons. The summed E-state index contributed by atoms with van der Waals surface area (Å²) in [7, 11) is 1.51. The Hall–Kier alpha value is -2.94. The molecule has 0 aromatic heterocycles. The van der Waals surface area contributed by atoms with Crippen molar-refractivity contribution >= 4 is 35.4 Å². The number of hydrogen-bond donors (Lipinski definition) is 0. The van der Waals surface area contributed by atoms with Crippen LogP contribution in [0.1, 0.15) is 19.4 Å². The summed E-state index contributed by atoms with van der Waals surface area (Å²) in [6.07, 6.45) is -0.0408. The normalized spacial score (nSPS) is 18.6. The van der Waals surface area contributed by atoms with Crippen molar-refractivity contribution in [1.29, 1.82) is 0 Å². The van der Waals surface area contributed by atoms with Crippen molar-refractivity contribution in [1.82, 2.24) is 20.3 Å². The molecule has 1 aromatic rings. The predicted octanol–water partition coefficient (Wildman–Crippen LogP) is 2.50. The Bertz CT molecular complexity index is 797. The molecule has 0 aliphatic carbocycles. The van der Waals surface area contributed by atoms with Crippen LogP contribution in [-0.4, -0.2) is 64.7 Å². The van der Waals surface area contributed by atoms with Crippen LogP contribution in [0.25, 0.3) is 5.70 Å². The van der Waals surface area contributed by atoms with Crippen molar-refractivity contribution in [2.45, 2.75) is 19.9 Å². The van der Waals surface area contributed by atoms with Crippen LogP contribution in [0.3, 0.4) is 0 Å². The first-order valence-corrected chi connectivity index (χ1v) is 8.76. The SMILES string of the molecule is CCOC(=O)N1[C@H]2C=C(c3ccc(Cl)cc3)N(N(C)C2=O)N1C(=O)OCC. The summed E-state index contributed by atoms with van der Waals surface area (Å²) in [5, 5.41) is 5.00. The summed E-state index contributed by atoms with van der Waals surface area (Å²) in [4.78, 5) is 37.7. The van der Waals surface area contributed by atoms with Gasteiger partial charge in [-0.15, -0.1) is 0 Å². The minimum atomic E-state index is -1.05. The molecule has 2 bridgehead atoms. The Labute approximate surface area is 161 Å². The van der Waals surface area contributed by atoms with Crippen LogP contribution < -0.4 is 0 Å². The summed E-state index contributed by atoms with van der Waals surface area (Å²) in [6.45, 7) is 3.48. The lowest BCUT2D eigenvalue weighted by Crippen LogP contribution is -2.75. The summed E-state index contributed by atoms with van der Waals surface area (Å²) < 4.78 is 10.1. The van der Waals surface area contributed by atoms with Crippen molar-refractivity contribution in [2.24, 2.45) is 0 Å². The lowest BCUT2D eigenvalue weighted by atomic mass is 10.1. The van der Waals surface area contributed by atoms with Crippen molar-refractivity contribution < 1.29 is 23.9 Å². The van der Waals surface area contributed by atoms with E-state index in [0.717, 1.165) is 10.1 Å². The van der Waals surface area contributed by atoms with E-state index in [2.05, 4.69) is 0 Å². The highest BCUT2D eigenvalue weighted by atomic mass is 35.5. The molecule has 1 aromatic carbocycles. The molecule has 10 heteroatoms. The fraction of sp³-hybridized carbons (Fsp3) is 0.353. The van der Waals surface area contributed by atoms with E-state index < -0.39 is 18.2 Å². The molecule has 1 atom stereocenters. The standard InChI is InChI=1S/C17H19ClN4O5/c1-4-26-16(24)20-14-10-13(11-6-8-12(18)9-7-11)21(19(3)15(14)23)22(20)17(25)27-5-2/h6-10,14H,4-5H2,1-3H3/t14-/m0/s1. The number of hydrogen-bond acceptors (Lipinski definition) is 6. The molecule has 0 radical (unpaired) electrons. The Balaban J connectivity index is 2.11. The fourth-order valence-corrected chi connectivity index (χ4v) is 3.03.